The fourth-order valence-electron chi connectivity index (χ4n) is 2.57. The molecule has 0 aromatic carbocycles. The smallest absolute Gasteiger partial charge is 0.250 e. The number of aromatic nitrogens is 4. The zero-order chi connectivity index (χ0) is 10.5. The topological polar surface area (TPSA) is 58.0 Å². The summed E-state index contributed by atoms with van der Waals surface area (Å²) in [7, 11) is 0. The minimum absolute atomic E-state index is 0.351. The third-order valence-electron chi connectivity index (χ3n) is 3.29. The van der Waals surface area contributed by atoms with E-state index in [1.807, 2.05) is 4.52 Å². The molecule has 2 N–H and O–H groups in total. The molecule has 4 rings (SSSR count). The van der Waals surface area contributed by atoms with Gasteiger partial charge in [0.05, 0.1) is 11.4 Å². The molecule has 2 aliphatic rings. The SMILES string of the molecule is C1=CC2NCc3nc4nc[nH]n4c3C2C=C1. The number of rotatable bonds is 0. The molecule has 0 fully saturated rings. The summed E-state index contributed by atoms with van der Waals surface area (Å²) < 4.78 is 1.98. The van der Waals surface area contributed by atoms with E-state index in [1.54, 1.807) is 6.33 Å². The molecule has 2 atom stereocenters. The van der Waals surface area contributed by atoms with Gasteiger partial charge in [0, 0.05) is 18.5 Å². The number of nitrogens with zero attached hydrogens (tertiary/aromatic N) is 3. The Morgan fingerprint density at radius 1 is 1.31 bits per heavy atom. The predicted molar refractivity (Wildman–Crippen MR) is 59.0 cm³/mol. The third-order valence-corrected chi connectivity index (χ3v) is 3.29. The summed E-state index contributed by atoms with van der Waals surface area (Å²) in [5.41, 5.74) is 2.33. The largest absolute Gasteiger partial charge is 0.304 e. The van der Waals surface area contributed by atoms with Crippen LogP contribution in [-0.4, -0.2) is 25.6 Å². The number of fused-ring (bicyclic) bond motifs is 5. The second-order valence-electron chi connectivity index (χ2n) is 4.17. The van der Waals surface area contributed by atoms with Gasteiger partial charge in [-0.1, -0.05) is 24.3 Å². The lowest BCUT2D eigenvalue weighted by Gasteiger charge is -2.29. The summed E-state index contributed by atoms with van der Waals surface area (Å²) >= 11 is 0. The highest BCUT2D eigenvalue weighted by Gasteiger charge is 2.31. The van der Waals surface area contributed by atoms with Crippen molar-refractivity contribution in [2.24, 2.45) is 0 Å². The van der Waals surface area contributed by atoms with E-state index in [4.69, 9.17) is 0 Å². The minimum atomic E-state index is 0.351. The summed E-state index contributed by atoms with van der Waals surface area (Å²) in [4.78, 5) is 8.69. The minimum Gasteiger partial charge on any atom is -0.304 e. The number of nitrogens with one attached hydrogen (secondary N) is 2. The van der Waals surface area contributed by atoms with Crippen LogP contribution in [0.15, 0.2) is 30.6 Å². The van der Waals surface area contributed by atoms with Gasteiger partial charge in [0.2, 0.25) is 0 Å². The Bertz CT molecular complexity index is 603. The zero-order valence-electron chi connectivity index (χ0n) is 8.59. The molecule has 1 aliphatic carbocycles. The summed E-state index contributed by atoms with van der Waals surface area (Å²) in [6, 6.07) is 0.376. The van der Waals surface area contributed by atoms with Crippen LogP contribution in [0.4, 0.5) is 0 Å². The van der Waals surface area contributed by atoms with Crippen LogP contribution in [0.2, 0.25) is 0 Å². The molecular weight excluding hydrogens is 202 g/mol. The normalized spacial score (nSPS) is 27.0. The molecule has 5 nitrogen and oxygen atoms in total. The second-order valence-corrected chi connectivity index (χ2v) is 4.17. The van der Waals surface area contributed by atoms with Crippen LogP contribution in [0.25, 0.3) is 5.78 Å². The van der Waals surface area contributed by atoms with Crippen LogP contribution in [0.3, 0.4) is 0 Å². The van der Waals surface area contributed by atoms with Gasteiger partial charge in [-0.15, -0.1) is 0 Å². The maximum atomic E-state index is 4.50. The van der Waals surface area contributed by atoms with Crippen molar-refractivity contribution >= 4 is 5.78 Å². The first kappa shape index (κ1) is 8.29. The molecule has 2 aromatic rings. The monoisotopic (exact) mass is 213 g/mol. The molecule has 0 amide bonds. The van der Waals surface area contributed by atoms with E-state index in [2.05, 4.69) is 44.7 Å². The van der Waals surface area contributed by atoms with E-state index >= 15 is 0 Å². The van der Waals surface area contributed by atoms with Gasteiger partial charge in [-0.3, -0.25) is 5.10 Å². The van der Waals surface area contributed by atoms with Crippen molar-refractivity contribution in [1.29, 1.82) is 0 Å². The van der Waals surface area contributed by atoms with Gasteiger partial charge >= 0.3 is 0 Å². The van der Waals surface area contributed by atoms with Gasteiger partial charge in [0.15, 0.2) is 0 Å². The molecule has 0 bridgehead atoms. The van der Waals surface area contributed by atoms with Gasteiger partial charge in [0.1, 0.15) is 6.33 Å². The molecule has 0 spiro atoms. The molecule has 5 heteroatoms. The van der Waals surface area contributed by atoms with Gasteiger partial charge in [-0.05, 0) is 0 Å². The van der Waals surface area contributed by atoms with E-state index in [9.17, 15) is 0 Å². The highest BCUT2D eigenvalue weighted by molar-refractivity contribution is 5.42. The van der Waals surface area contributed by atoms with Gasteiger partial charge < -0.3 is 5.32 Å². The fraction of sp³-hybridized carbons (Fsp3) is 0.273. The molecule has 2 unspecified atom stereocenters. The van der Waals surface area contributed by atoms with Gasteiger partial charge in [-0.25, -0.2) is 14.5 Å². The standard InChI is InChI=1S/C11H11N5/c1-2-4-8-7(3-1)10-9(5-12-8)15-11-13-6-14-16(10)11/h1-4,6-8,12H,5H2,(H,13,14,15). The third kappa shape index (κ3) is 0.931. The quantitative estimate of drug-likeness (QED) is 0.678. The Balaban J connectivity index is 1.99. The number of hydrogen-bond acceptors (Lipinski definition) is 3. The number of hydrogen-bond donors (Lipinski definition) is 2. The molecule has 80 valence electrons. The summed E-state index contributed by atoms with van der Waals surface area (Å²) in [5.74, 6) is 1.11. The lowest BCUT2D eigenvalue weighted by atomic mass is 9.88. The van der Waals surface area contributed by atoms with Crippen LogP contribution >= 0.6 is 0 Å². The average Bonchev–Trinajstić information content (AvgIpc) is 2.88. The predicted octanol–water partition coefficient (Wildman–Crippen LogP) is 0.739. The Labute approximate surface area is 91.9 Å². The summed E-state index contributed by atoms with van der Waals surface area (Å²) in [6.45, 7) is 0.811. The van der Waals surface area contributed by atoms with Crippen molar-refractivity contribution in [1.82, 2.24) is 24.9 Å². The van der Waals surface area contributed by atoms with E-state index in [0.29, 0.717) is 12.0 Å². The number of imidazole rings is 1. The molecule has 16 heavy (non-hydrogen) atoms. The fourth-order valence-corrected chi connectivity index (χ4v) is 2.57. The van der Waals surface area contributed by atoms with Crippen molar-refractivity contribution in [3.63, 3.8) is 0 Å². The van der Waals surface area contributed by atoms with Crippen molar-refractivity contribution in [2.45, 2.75) is 18.5 Å². The lowest BCUT2D eigenvalue weighted by Crippen LogP contribution is -2.38. The maximum absolute atomic E-state index is 4.50. The Hall–Kier alpha value is -1.88. The van der Waals surface area contributed by atoms with Crippen molar-refractivity contribution in [3.8, 4) is 0 Å². The van der Waals surface area contributed by atoms with Crippen LogP contribution in [0.1, 0.15) is 17.3 Å². The Morgan fingerprint density at radius 2 is 2.25 bits per heavy atom. The van der Waals surface area contributed by atoms with Crippen LogP contribution in [0, 0.1) is 0 Å². The van der Waals surface area contributed by atoms with Crippen LogP contribution in [0.5, 0.6) is 0 Å². The van der Waals surface area contributed by atoms with E-state index in [-0.39, 0.29) is 0 Å². The highest BCUT2D eigenvalue weighted by Crippen LogP contribution is 2.31. The number of allylic oxidation sites excluding steroid dienone is 2. The van der Waals surface area contributed by atoms with Crippen molar-refractivity contribution in [2.75, 3.05) is 0 Å². The molecule has 1 aliphatic heterocycles. The van der Waals surface area contributed by atoms with Crippen molar-refractivity contribution < 1.29 is 0 Å². The average molecular weight is 213 g/mol. The molecule has 3 heterocycles. The Kier molecular flexibility index (Phi) is 1.46. The first-order valence-electron chi connectivity index (χ1n) is 5.42. The van der Waals surface area contributed by atoms with E-state index in [0.717, 1.165) is 18.0 Å². The zero-order valence-corrected chi connectivity index (χ0v) is 8.59. The number of H-pyrrole nitrogens is 1. The maximum Gasteiger partial charge on any atom is 0.250 e. The van der Waals surface area contributed by atoms with E-state index in [1.165, 1.54) is 5.69 Å². The summed E-state index contributed by atoms with van der Waals surface area (Å²) in [6.07, 6.45) is 10.3. The second kappa shape index (κ2) is 2.82. The first-order valence-corrected chi connectivity index (χ1v) is 5.42. The molecule has 0 saturated carbocycles. The van der Waals surface area contributed by atoms with Gasteiger partial charge in [0.25, 0.3) is 5.78 Å². The summed E-state index contributed by atoms with van der Waals surface area (Å²) in [5, 5.41) is 6.59. The van der Waals surface area contributed by atoms with Crippen LogP contribution in [-0.2, 0) is 6.54 Å². The molecule has 2 aromatic heterocycles. The van der Waals surface area contributed by atoms with E-state index < -0.39 is 0 Å². The highest BCUT2D eigenvalue weighted by atomic mass is 15.3. The van der Waals surface area contributed by atoms with Crippen molar-refractivity contribution in [3.05, 3.63) is 42.0 Å². The van der Waals surface area contributed by atoms with Crippen LogP contribution < -0.4 is 5.32 Å². The Morgan fingerprint density at radius 3 is 3.25 bits per heavy atom. The number of aromatic amines is 1. The lowest BCUT2D eigenvalue weighted by molar-refractivity contribution is 0.490. The van der Waals surface area contributed by atoms with Gasteiger partial charge in [-0.2, -0.15) is 0 Å². The molecular formula is C11H11N5. The first-order chi connectivity index (χ1) is 7.93. The molecule has 0 radical (unpaired) electrons. The molecule has 0 saturated heterocycles.